The van der Waals surface area contributed by atoms with E-state index in [0.29, 0.717) is 6.04 Å². The van der Waals surface area contributed by atoms with Gasteiger partial charge in [0.2, 0.25) is 0 Å². The van der Waals surface area contributed by atoms with E-state index in [1.165, 1.54) is 18.5 Å². The molecule has 1 N–H and O–H groups in total. The predicted molar refractivity (Wildman–Crippen MR) is 71.5 cm³/mol. The lowest BCUT2D eigenvalue weighted by Crippen LogP contribution is -2.36. The summed E-state index contributed by atoms with van der Waals surface area (Å²) in [6.07, 6.45) is 1.25. The first-order valence-corrected chi connectivity index (χ1v) is 6.74. The molecule has 0 amide bonds. The molecule has 88 valence electrons. The van der Waals surface area contributed by atoms with Crippen molar-refractivity contribution in [3.63, 3.8) is 0 Å². The Hall–Kier alpha value is -0.380. The topological polar surface area (TPSA) is 15.3 Å². The first kappa shape index (κ1) is 12.1. The van der Waals surface area contributed by atoms with Gasteiger partial charge in [0.05, 0.1) is 0 Å². The third-order valence-corrected chi connectivity index (χ3v) is 3.69. The molecule has 1 aromatic rings. The van der Waals surface area contributed by atoms with Crippen molar-refractivity contribution in [3.05, 3.63) is 34.3 Å². The van der Waals surface area contributed by atoms with E-state index in [9.17, 15) is 0 Å². The second-order valence-corrected chi connectivity index (χ2v) is 5.42. The quantitative estimate of drug-likeness (QED) is 0.897. The van der Waals surface area contributed by atoms with Gasteiger partial charge < -0.3 is 5.32 Å². The second kappa shape index (κ2) is 5.80. The van der Waals surface area contributed by atoms with E-state index in [1.807, 2.05) is 0 Å². The summed E-state index contributed by atoms with van der Waals surface area (Å²) >= 11 is 3.47. The summed E-state index contributed by atoms with van der Waals surface area (Å²) in [4.78, 5) is 2.56. The number of hydrogen-bond acceptors (Lipinski definition) is 2. The van der Waals surface area contributed by atoms with E-state index in [4.69, 9.17) is 0 Å². The van der Waals surface area contributed by atoms with Crippen LogP contribution in [0.15, 0.2) is 28.7 Å². The molecule has 0 saturated carbocycles. The summed E-state index contributed by atoms with van der Waals surface area (Å²) in [6.45, 7) is 6.83. The van der Waals surface area contributed by atoms with E-state index < -0.39 is 0 Å². The zero-order valence-corrected chi connectivity index (χ0v) is 11.3. The van der Waals surface area contributed by atoms with Gasteiger partial charge in [0.15, 0.2) is 0 Å². The van der Waals surface area contributed by atoms with Crippen LogP contribution in [0.1, 0.15) is 18.9 Å². The van der Waals surface area contributed by atoms with Crippen LogP contribution in [0.5, 0.6) is 0 Å². The largest absolute Gasteiger partial charge is 0.315 e. The van der Waals surface area contributed by atoms with Crippen molar-refractivity contribution in [1.29, 1.82) is 0 Å². The van der Waals surface area contributed by atoms with Gasteiger partial charge in [-0.2, -0.15) is 0 Å². The van der Waals surface area contributed by atoms with Gasteiger partial charge in [-0.3, -0.25) is 4.90 Å². The van der Waals surface area contributed by atoms with Crippen molar-refractivity contribution >= 4 is 15.9 Å². The fourth-order valence-corrected chi connectivity index (χ4v) is 2.39. The predicted octanol–water partition coefficient (Wildman–Crippen LogP) is 2.63. The average Bonchev–Trinajstić information content (AvgIpc) is 2.48. The minimum absolute atomic E-state index is 0.631. The molecule has 1 aliphatic rings. The van der Waals surface area contributed by atoms with E-state index in [0.717, 1.165) is 24.1 Å². The number of nitrogens with one attached hydrogen (secondary N) is 1. The van der Waals surface area contributed by atoms with Crippen LogP contribution >= 0.6 is 15.9 Å². The van der Waals surface area contributed by atoms with Crippen molar-refractivity contribution < 1.29 is 0 Å². The van der Waals surface area contributed by atoms with Gasteiger partial charge in [-0.15, -0.1) is 0 Å². The summed E-state index contributed by atoms with van der Waals surface area (Å²) in [6, 6.07) is 9.28. The minimum Gasteiger partial charge on any atom is -0.315 e. The average molecular weight is 283 g/mol. The van der Waals surface area contributed by atoms with E-state index in [-0.39, 0.29) is 0 Å². The van der Waals surface area contributed by atoms with Crippen LogP contribution in [0.4, 0.5) is 0 Å². The van der Waals surface area contributed by atoms with Gasteiger partial charge in [0, 0.05) is 30.1 Å². The first-order valence-electron chi connectivity index (χ1n) is 5.95. The van der Waals surface area contributed by atoms with E-state index >= 15 is 0 Å². The SMILES string of the molecule is CC1CNCCCN1Cc1ccc(Br)cc1. The normalized spacial score (nSPS) is 23.0. The molecule has 0 radical (unpaired) electrons. The van der Waals surface area contributed by atoms with Crippen LogP contribution in [0.2, 0.25) is 0 Å². The Morgan fingerprint density at radius 3 is 2.88 bits per heavy atom. The molecule has 0 aromatic heterocycles. The maximum atomic E-state index is 3.47. The zero-order valence-electron chi connectivity index (χ0n) is 9.75. The van der Waals surface area contributed by atoms with Gasteiger partial charge in [-0.1, -0.05) is 28.1 Å². The van der Waals surface area contributed by atoms with Crippen LogP contribution in [-0.4, -0.2) is 30.6 Å². The Morgan fingerprint density at radius 1 is 1.38 bits per heavy atom. The summed E-state index contributed by atoms with van der Waals surface area (Å²) in [7, 11) is 0. The number of rotatable bonds is 2. The summed E-state index contributed by atoms with van der Waals surface area (Å²) in [5.41, 5.74) is 1.40. The number of halogens is 1. The van der Waals surface area contributed by atoms with Gasteiger partial charge in [0.25, 0.3) is 0 Å². The Morgan fingerprint density at radius 2 is 2.12 bits per heavy atom. The molecule has 1 atom stereocenters. The van der Waals surface area contributed by atoms with Gasteiger partial charge in [0.1, 0.15) is 0 Å². The molecule has 0 bridgehead atoms. The van der Waals surface area contributed by atoms with Crippen LogP contribution in [0, 0.1) is 0 Å². The molecule has 1 unspecified atom stereocenters. The molecule has 1 heterocycles. The number of hydrogen-bond donors (Lipinski definition) is 1. The van der Waals surface area contributed by atoms with E-state index in [1.54, 1.807) is 0 Å². The monoisotopic (exact) mass is 282 g/mol. The maximum absolute atomic E-state index is 3.47. The third-order valence-electron chi connectivity index (χ3n) is 3.16. The van der Waals surface area contributed by atoms with Crippen LogP contribution in [0.3, 0.4) is 0 Å². The molecule has 3 heteroatoms. The minimum atomic E-state index is 0.631. The lowest BCUT2D eigenvalue weighted by molar-refractivity contribution is 0.214. The fourth-order valence-electron chi connectivity index (χ4n) is 2.13. The number of benzene rings is 1. The summed E-state index contributed by atoms with van der Waals surface area (Å²) in [5, 5.41) is 3.47. The lowest BCUT2D eigenvalue weighted by Gasteiger charge is -2.26. The Balaban J connectivity index is 1.99. The fraction of sp³-hybridized carbons (Fsp3) is 0.538. The van der Waals surface area contributed by atoms with Crippen molar-refractivity contribution in [2.45, 2.75) is 25.9 Å². The molecular weight excluding hydrogens is 264 g/mol. The highest BCUT2D eigenvalue weighted by Gasteiger charge is 2.16. The van der Waals surface area contributed by atoms with Crippen molar-refractivity contribution in [2.24, 2.45) is 0 Å². The molecule has 1 saturated heterocycles. The molecule has 2 rings (SSSR count). The molecule has 0 aliphatic carbocycles. The highest BCUT2D eigenvalue weighted by molar-refractivity contribution is 9.10. The van der Waals surface area contributed by atoms with Crippen LogP contribution in [0.25, 0.3) is 0 Å². The van der Waals surface area contributed by atoms with Gasteiger partial charge in [-0.05, 0) is 37.6 Å². The van der Waals surface area contributed by atoms with Gasteiger partial charge in [-0.25, -0.2) is 0 Å². The lowest BCUT2D eigenvalue weighted by atomic mass is 10.2. The van der Waals surface area contributed by atoms with Crippen LogP contribution in [-0.2, 0) is 6.54 Å². The molecule has 1 fully saturated rings. The highest BCUT2D eigenvalue weighted by atomic mass is 79.9. The zero-order chi connectivity index (χ0) is 11.4. The highest BCUT2D eigenvalue weighted by Crippen LogP contribution is 2.14. The first-order chi connectivity index (χ1) is 7.75. The smallest absolute Gasteiger partial charge is 0.0237 e. The van der Waals surface area contributed by atoms with Crippen LogP contribution < -0.4 is 5.32 Å². The second-order valence-electron chi connectivity index (χ2n) is 4.50. The maximum Gasteiger partial charge on any atom is 0.0237 e. The molecular formula is C13H19BrN2. The third kappa shape index (κ3) is 3.30. The van der Waals surface area contributed by atoms with Gasteiger partial charge >= 0.3 is 0 Å². The van der Waals surface area contributed by atoms with Crippen molar-refractivity contribution in [1.82, 2.24) is 10.2 Å². The Bertz CT molecular complexity index is 323. The van der Waals surface area contributed by atoms with Crippen molar-refractivity contribution in [3.8, 4) is 0 Å². The summed E-state index contributed by atoms with van der Waals surface area (Å²) in [5.74, 6) is 0. The summed E-state index contributed by atoms with van der Waals surface area (Å²) < 4.78 is 1.15. The molecule has 1 aromatic carbocycles. The molecule has 0 spiro atoms. The molecule has 1 aliphatic heterocycles. The Labute approximate surface area is 106 Å². The standard InChI is InChI=1S/C13H19BrN2/c1-11-9-15-7-2-8-16(11)10-12-3-5-13(14)6-4-12/h3-6,11,15H,2,7-10H2,1H3. The number of nitrogens with zero attached hydrogens (tertiary/aromatic N) is 1. The molecule has 16 heavy (non-hydrogen) atoms. The van der Waals surface area contributed by atoms with E-state index in [2.05, 4.69) is 57.3 Å². The van der Waals surface area contributed by atoms with Crippen molar-refractivity contribution in [2.75, 3.05) is 19.6 Å². The molecule has 2 nitrogen and oxygen atoms in total. The Kier molecular flexibility index (Phi) is 4.38.